The number of aliphatic imine (C=N–C) groups is 1. The molecule has 0 spiro atoms. The summed E-state index contributed by atoms with van der Waals surface area (Å²) >= 11 is 7.46. The molecular formula is C9H10ClN3S. The number of nitrogens with one attached hydrogen (secondary N) is 1. The van der Waals surface area contributed by atoms with Crippen molar-refractivity contribution in [2.24, 2.45) is 4.99 Å². The Morgan fingerprint density at radius 3 is 3.00 bits per heavy atom. The molecule has 3 nitrogen and oxygen atoms in total. The molecule has 1 aromatic heterocycles. The molecule has 0 fully saturated rings. The molecule has 1 unspecified atom stereocenters. The van der Waals surface area contributed by atoms with E-state index < -0.39 is 0 Å². The molecule has 0 bridgehead atoms. The van der Waals surface area contributed by atoms with Gasteiger partial charge in [0, 0.05) is 11.4 Å². The lowest BCUT2D eigenvalue weighted by Crippen LogP contribution is -2.06. The number of pyridine rings is 1. The van der Waals surface area contributed by atoms with Crippen molar-refractivity contribution in [1.82, 2.24) is 4.98 Å². The van der Waals surface area contributed by atoms with E-state index in [1.165, 1.54) is 0 Å². The zero-order valence-corrected chi connectivity index (χ0v) is 9.27. The lowest BCUT2D eigenvalue weighted by molar-refractivity contribution is 0.976. The van der Waals surface area contributed by atoms with Gasteiger partial charge in [-0.15, -0.1) is 0 Å². The van der Waals surface area contributed by atoms with E-state index in [9.17, 15) is 0 Å². The van der Waals surface area contributed by atoms with Gasteiger partial charge in [0.15, 0.2) is 5.17 Å². The van der Waals surface area contributed by atoms with Crippen molar-refractivity contribution in [3.05, 3.63) is 23.4 Å². The van der Waals surface area contributed by atoms with Gasteiger partial charge in [0.25, 0.3) is 0 Å². The van der Waals surface area contributed by atoms with Crippen molar-refractivity contribution >= 4 is 34.3 Å². The second-order valence-electron chi connectivity index (χ2n) is 3.06. The average molecular weight is 228 g/mol. The first-order chi connectivity index (χ1) is 6.74. The average Bonchev–Trinajstić information content (AvgIpc) is 2.56. The minimum absolute atomic E-state index is 0.560. The summed E-state index contributed by atoms with van der Waals surface area (Å²) in [4.78, 5) is 8.46. The Balaban J connectivity index is 2.01. The quantitative estimate of drug-likeness (QED) is 0.802. The number of amidine groups is 1. The number of nitrogens with zero attached hydrogens (tertiary/aromatic N) is 2. The van der Waals surface area contributed by atoms with E-state index in [1.807, 2.05) is 6.07 Å². The highest BCUT2D eigenvalue weighted by Crippen LogP contribution is 2.21. The summed E-state index contributed by atoms with van der Waals surface area (Å²) in [7, 11) is 0. The first-order valence-electron chi connectivity index (χ1n) is 4.34. The van der Waals surface area contributed by atoms with Crippen LogP contribution in [0.4, 0.5) is 5.82 Å². The van der Waals surface area contributed by atoms with Gasteiger partial charge in [0.2, 0.25) is 0 Å². The largest absolute Gasteiger partial charge is 0.320 e. The monoisotopic (exact) mass is 227 g/mol. The van der Waals surface area contributed by atoms with Crippen LogP contribution in [-0.4, -0.2) is 21.9 Å². The van der Waals surface area contributed by atoms with Crippen molar-refractivity contribution in [2.45, 2.75) is 12.2 Å². The molecule has 0 aromatic carbocycles. The van der Waals surface area contributed by atoms with E-state index in [2.05, 4.69) is 22.2 Å². The number of rotatable bonds is 1. The molecule has 1 atom stereocenters. The summed E-state index contributed by atoms with van der Waals surface area (Å²) in [5, 5.41) is 5.28. The molecule has 2 heterocycles. The van der Waals surface area contributed by atoms with E-state index in [4.69, 9.17) is 11.6 Å². The van der Waals surface area contributed by atoms with Crippen LogP contribution in [0.5, 0.6) is 0 Å². The first kappa shape index (κ1) is 9.80. The van der Waals surface area contributed by atoms with E-state index in [0.29, 0.717) is 10.3 Å². The maximum Gasteiger partial charge on any atom is 0.162 e. The summed E-state index contributed by atoms with van der Waals surface area (Å²) in [6.07, 6.45) is 1.62. The van der Waals surface area contributed by atoms with Gasteiger partial charge in [-0.05, 0) is 12.1 Å². The molecule has 1 aromatic rings. The van der Waals surface area contributed by atoms with E-state index in [1.54, 1.807) is 24.0 Å². The molecule has 0 saturated carbocycles. The van der Waals surface area contributed by atoms with E-state index >= 15 is 0 Å². The Bertz CT molecular complexity index is 350. The minimum Gasteiger partial charge on any atom is -0.320 e. The predicted molar refractivity (Wildman–Crippen MR) is 62.2 cm³/mol. The molecular weight excluding hydrogens is 218 g/mol. The summed E-state index contributed by atoms with van der Waals surface area (Å²) in [6.45, 7) is 3.03. The Kier molecular flexibility index (Phi) is 2.93. The Morgan fingerprint density at radius 1 is 1.57 bits per heavy atom. The van der Waals surface area contributed by atoms with Gasteiger partial charge in [-0.25, -0.2) is 4.98 Å². The van der Waals surface area contributed by atoms with Crippen LogP contribution in [0.1, 0.15) is 6.92 Å². The molecule has 0 aliphatic carbocycles. The Hall–Kier alpha value is -0.740. The number of halogens is 1. The number of thioether (sulfide) groups is 1. The zero-order chi connectivity index (χ0) is 9.97. The van der Waals surface area contributed by atoms with Crippen LogP contribution < -0.4 is 5.32 Å². The Labute approximate surface area is 92.0 Å². The molecule has 0 radical (unpaired) electrons. The summed E-state index contributed by atoms with van der Waals surface area (Å²) < 4.78 is 0. The SMILES string of the molecule is CC1CN=C(Nc2ccc(Cl)cn2)S1. The van der Waals surface area contributed by atoms with Crippen molar-refractivity contribution < 1.29 is 0 Å². The van der Waals surface area contributed by atoms with Gasteiger partial charge < -0.3 is 5.32 Å². The van der Waals surface area contributed by atoms with Crippen LogP contribution in [0.2, 0.25) is 5.02 Å². The molecule has 2 rings (SSSR count). The minimum atomic E-state index is 0.560. The maximum absolute atomic E-state index is 5.73. The molecule has 5 heteroatoms. The highest BCUT2D eigenvalue weighted by atomic mass is 35.5. The number of hydrogen-bond acceptors (Lipinski definition) is 4. The van der Waals surface area contributed by atoms with Crippen LogP contribution in [0.3, 0.4) is 0 Å². The fourth-order valence-corrected chi connectivity index (χ4v) is 2.06. The van der Waals surface area contributed by atoms with Crippen molar-refractivity contribution in [2.75, 3.05) is 11.9 Å². The number of aromatic nitrogens is 1. The van der Waals surface area contributed by atoms with Crippen molar-refractivity contribution in [1.29, 1.82) is 0 Å². The third-order valence-electron chi connectivity index (χ3n) is 1.77. The second-order valence-corrected chi connectivity index (χ2v) is 4.92. The number of hydrogen-bond donors (Lipinski definition) is 1. The normalized spacial score (nSPS) is 20.7. The molecule has 0 saturated heterocycles. The standard InChI is InChI=1S/C9H10ClN3S/c1-6-4-12-9(14-6)13-8-3-2-7(10)5-11-8/h2-3,5-6H,4H2,1H3,(H,11,12,13). The molecule has 1 aliphatic rings. The maximum atomic E-state index is 5.73. The molecule has 1 N–H and O–H groups in total. The highest BCUT2D eigenvalue weighted by molar-refractivity contribution is 8.15. The van der Waals surface area contributed by atoms with Crippen LogP contribution in [0.25, 0.3) is 0 Å². The van der Waals surface area contributed by atoms with Gasteiger partial charge in [-0.3, -0.25) is 4.99 Å². The topological polar surface area (TPSA) is 37.3 Å². The van der Waals surface area contributed by atoms with Gasteiger partial charge in [0.1, 0.15) is 5.82 Å². The van der Waals surface area contributed by atoms with Crippen molar-refractivity contribution in [3.63, 3.8) is 0 Å². The summed E-state index contributed by atoms with van der Waals surface area (Å²) in [6, 6.07) is 3.65. The van der Waals surface area contributed by atoms with Crippen LogP contribution in [-0.2, 0) is 0 Å². The van der Waals surface area contributed by atoms with Gasteiger partial charge in [0.05, 0.1) is 11.6 Å². The molecule has 14 heavy (non-hydrogen) atoms. The van der Waals surface area contributed by atoms with Crippen LogP contribution >= 0.6 is 23.4 Å². The predicted octanol–water partition coefficient (Wildman–Crippen LogP) is 2.64. The van der Waals surface area contributed by atoms with E-state index in [0.717, 1.165) is 17.5 Å². The summed E-state index contributed by atoms with van der Waals surface area (Å²) in [5.41, 5.74) is 0. The van der Waals surface area contributed by atoms with Crippen LogP contribution in [0, 0.1) is 0 Å². The van der Waals surface area contributed by atoms with Gasteiger partial charge in [-0.2, -0.15) is 0 Å². The smallest absolute Gasteiger partial charge is 0.162 e. The summed E-state index contributed by atoms with van der Waals surface area (Å²) in [5.74, 6) is 0.787. The molecule has 0 amide bonds. The third-order valence-corrected chi connectivity index (χ3v) is 3.00. The number of anilines is 1. The lowest BCUT2D eigenvalue weighted by atomic mass is 10.5. The molecule has 74 valence electrons. The first-order valence-corrected chi connectivity index (χ1v) is 5.59. The highest BCUT2D eigenvalue weighted by Gasteiger charge is 2.14. The lowest BCUT2D eigenvalue weighted by Gasteiger charge is -2.04. The fraction of sp³-hybridized carbons (Fsp3) is 0.333. The zero-order valence-electron chi connectivity index (χ0n) is 7.70. The van der Waals surface area contributed by atoms with Gasteiger partial charge in [-0.1, -0.05) is 30.3 Å². The molecule has 1 aliphatic heterocycles. The fourth-order valence-electron chi connectivity index (χ4n) is 1.10. The van der Waals surface area contributed by atoms with Gasteiger partial charge >= 0.3 is 0 Å². The van der Waals surface area contributed by atoms with E-state index in [-0.39, 0.29) is 0 Å². The van der Waals surface area contributed by atoms with Crippen LogP contribution in [0.15, 0.2) is 23.3 Å². The second kappa shape index (κ2) is 4.19. The Morgan fingerprint density at radius 2 is 2.43 bits per heavy atom. The third kappa shape index (κ3) is 2.39. The van der Waals surface area contributed by atoms with Crippen molar-refractivity contribution in [3.8, 4) is 0 Å².